The van der Waals surface area contributed by atoms with Gasteiger partial charge in [0.05, 0.1) is 7.11 Å². The predicted molar refractivity (Wildman–Crippen MR) is 74.2 cm³/mol. The van der Waals surface area contributed by atoms with E-state index in [9.17, 15) is 10.2 Å². The topological polar surface area (TPSA) is 49.7 Å². The number of benzene rings is 1. The zero-order valence-electron chi connectivity index (χ0n) is 10.6. The molecule has 0 aromatic heterocycles. The van der Waals surface area contributed by atoms with Gasteiger partial charge < -0.3 is 14.9 Å². The molecule has 0 amide bonds. The Balaban J connectivity index is 3.01. The van der Waals surface area contributed by atoms with Gasteiger partial charge in [0.2, 0.25) is 0 Å². The first kappa shape index (κ1) is 15.3. The maximum absolute atomic E-state index is 9.94. The van der Waals surface area contributed by atoms with E-state index >= 15 is 0 Å². The standard InChI is InChI=1S/C13H18Cl2O3/c1-3-4-5-6-7-8-11(16)9(14)12(17)10(15)13(8)18-2/h16-17H,3-7H2,1-2H3. The molecular formula is C13H18Cl2O3. The summed E-state index contributed by atoms with van der Waals surface area (Å²) in [5.41, 5.74) is 0.557. The fraction of sp³-hybridized carbons (Fsp3) is 0.538. The second kappa shape index (κ2) is 6.95. The number of hydrogen-bond donors (Lipinski definition) is 2. The molecule has 1 aromatic carbocycles. The lowest BCUT2D eigenvalue weighted by molar-refractivity contribution is 0.389. The Bertz CT molecular complexity index is 419. The number of methoxy groups -OCH3 is 1. The minimum absolute atomic E-state index is 0.0470. The van der Waals surface area contributed by atoms with Gasteiger partial charge in [-0.25, -0.2) is 0 Å². The third-order valence-corrected chi connectivity index (χ3v) is 3.58. The van der Waals surface area contributed by atoms with Gasteiger partial charge in [-0.2, -0.15) is 0 Å². The van der Waals surface area contributed by atoms with Crippen molar-refractivity contribution in [3.8, 4) is 17.2 Å². The predicted octanol–water partition coefficient (Wildman–Crippen LogP) is 4.54. The van der Waals surface area contributed by atoms with E-state index in [1.54, 1.807) is 0 Å². The summed E-state index contributed by atoms with van der Waals surface area (Å²) in [5, 5.41) is 19.5. The molecule has 1 aromatic rings. The molecule has 0 fully saturated rings. The van der Waals surface area contributed by atoms with Gasteiger partial charge in [0.25, 0.3) is 0 Å². The van der Waals surface area contributed by atoms with Crippen molar-refractivity contribution in [2.75, 3.05) is 7.11 Å². The number of phenols is 2. The van der Waals surface area contributed by atoms with Gasteiger partial charge in [0.1, 0.15) is 21.5 Å². The molecule has 3 nitrogen and oxygen atoms in total. The number of halogens is 2. The van der Waals surface area contributed by atoms with Gasteiger partial charge in [0, 0.05) is 5.56 Å². The second-order valence-corrected chi connectivity index (χ2v) is 4.90. The van der Waals surface area contributed by atoms with Crippen molar-refractivity contribution in [2.24, 2.45) is 0 Å². The van der Waals surface area contributed by atoms with Gasteiger partial charge in [-0.3, -0.25) is 0 Å². The van der Waals surface area contributed by atoms with Crippen LogP contribution in [0.3, 0.4) is 0 Å². The Morgan fingerprint density at radius 1 is 1.00 bits per heavy atom. The molecule has 0 atom stereocenters. The lowest BCUT2D eigenvalue weighted by atomic mass is 10.0. The Morgan fingerprint density at radius 2 is 1.67 bits per heavy atom. The summed E-state index contributed by atoms with van der Waals surface area (Å²) in [6.07, 6.45) is 4.88. The van der Waals surface area contributed by atoms with E-state index < -0.39 is 0 Å². The molecule has 0 spiro atoms. The first-order valence-corrected chi connectivity index (χ1v) is 6.75. The molecule has 102 valence electrons. The summed E-state index contributed by atoms with van der Waals surface area (Å²) >= 11 is 11.8. The highest BCUT2D eigenvalue weighted by molar-refractivity contribution is 6.39. The first-order valence-electron chi connectivity index (χ1n) is 6.00. The molecule has 0 saturated carbocycles. The number of rotatable bonds is 6. The number of hydrogen-bond acceptors (Lipinski definition) is 3. The molecule has 0 radical (unpaired) electrons. The van der Waals surface area contributed by atoms with Crippen LogP contribution in [0.25, 0.3) is 0 Å². The average molecular weight is 293 g/mol. The summed E-state index contributed by atoms with van der Waals surface area (Å²) < 4.78 is 5.14. The number of ether oxygens (including phenoxy) is 1. The molecule has 2 N–H and O–H groups in total. The summed E-state index contributed by atoms with van der Waals surface area (Å²) in [4.78, 5) is 0. The fourth-order valence-corrected chi connectivity index (χ4v) is 2.40. The normalized spacial score (nSPS) is 10.7. The zero-order valence-corrected chi connectivity index (χ0v) is 12.1. The molecule has 0 aliphatic heterocycles. The molecule has 0 aliphatic carbocycles. The Labute approximate surface area is 117 Å². The summed E-state index contributed by atoms with van der Waals surface area (Å²) in [7, 11) is 1.45. The highest BCUT2D eigenvalue weighted by Crippen LogP contribution is 2.48. The maximum Gasteiger partial charge on any atom is 0.160 e. The lowest BCUT2D eigenvalue weighted by Crippen LogP contribution is -1.96. The van der Waals surface area contributed by atoms with Crippen LogP contribution >= 0.6 is 23.2 Å². The number of aromatic hydroxyl groups is 2. The van der Waals surface area contributed by atoms with Gasteiger partial charge in [-0.15, -0.1) is 0 Å². The monoisotopic (exact) mass is 292 g/mol. The van der Waals surface area contributed by atoms with Crippen LogP contribution in [-0.2, 0) is 6.42 Å². The largest absolute Gasteiger partial charge is 0.506 e. The molecular weight excluding hydrogens is 275 g/mol. The van der Waals surface area contributed by atoms with E-state index in [0.29, 0.717) is 17.7 Å². The fourth-order valence-electron chi connectivity index (χ4n) is 1.86. The van der Waals surface area contributed by atoms with Crippen LogP contribution in [0.4, 0.5) is 0 Å². The summed E-state index contributed by atoms with van der Waals surface area (Å²) in [6, 6.07) is 0. The van der Waals surface area contributed by atoms with Crippen molar-refractivity contribution in [3.63, 3.8) is 0 Å². The van der Waals surface area contributed by atoms with Crippen molar-refractivity contribution in [3.05, 3.63) is 15.6 Å². The van der Waals surface area contributed by atoms with Crippen LogP contribution in [0.5, 0.6) is 17.2 Å². The molecule has 0 heterocycles. The number of phenolic OH excluding ortho intramolecular Hbond substituents is 2. The van der Waals surface area contributed by atoms with E-state index in [0.717, 1.165) is 25.7 Å². The molecule has 18 heavy (non-hydrogen) atoms. The Morgan fingerprint density at radius 3 is 2.22 bits per heavy atom. The van der Waals surface area contributed by atoms with E-state index in [4.69, 9.17) is 27.9 Å². The first-order chi connectivity index (χ1) is 8.54. The molecule has 1 rings (SSSR count). The minimum atomic E-state index is -0.343. The van der Waals surface area contributed by atoms with Crippen molar-refractivity contribution < 1.29 is 14.9 Å². The van der Waals surface area contributed by atoms with Crippen molar-refractivity contribution in [2.45, 2.75) is 39.0 Å². The van der Waals surface area contributed by atoms with E-state index in [1.807, 2.05) is 0 Å². The molecule has 0 saturated heterocycles. The second-order valence-electron chi connectivity index (χ2n) is 4.15. The molecule has 5 heteroatoms. The van der Waals surface area contributed by atoms with Crippen molar-refractivity contribution in [1.82, 2.24) is 0 Å². The summed E-state index contributed by atoms with van der Waals surface area (Å²) in [6.45, 7) is 2.13. The van der Waals surface area contributed by atoms with E-state index in [-0.39, 0.29) is 21.5 Å². The number of unbranched alkanes of at least 4 members (excludes halogenated alkanes) is 3. The third-order valence-electron chi connectivity index (χ3n) is 2.87. The smallest absolute Gasteiger partial charge is 0.160 e. The van der Waals surface area contributed by atoms with Crippen LogP contribution in [0, 0.1) is 0 Å². The third kappa shape index (κ3) is 3.15. The molecule has 0 aliphatic rings. The van der Waals surface area contributed by atoms with Gasteiger partial charge in [-0.1, -0.05) is 49.4 Å². The quantitative estimate of drug-likeness (QED) is 0.757. The van der Waals surface area contributed by atoms with Crippen LogP contribution in [0.15, 0.2) is 0 Å². The van der Waals surface area contributed by atoms with Crippen molar-refractivity contribution >= 4 is 23.2 Å². The molecule has 0 bridgehead atoms. The SMILES string of the molecule is CCCCCCc1c(O)c(Cl)c(O)c(Cl)c1OC. The van der Waals surface area contributed by atoms with E-state index in [2.05, 4.69) is 6.92 Å². The van der Waals surface area contributed by atoms with Gasteiger partial charge in [-0.05, 0) is 12.8 Å². The highest BCUT2D eigenvalue weighted by Gasteiger charge is 2.21. The van der Waals surface area contributed by atoms with Gasteiger partial charge >= 0.3 is 0 Å². The minimum Gasteiger partial charge on any atom is -0.506 e. The maximum atomic E-state index is 9.94. The Hall–Kier alpha value is -0.800. The lowest BCUT2D eigenvalue weighted by Gasteiger charge is -2.15. The van der Waals surface area contributed by atoms with Crippen LogP contribution < -0.4 is 4.74 Å². The van der Waals surface area contributed by atoms with Crippen LogP contribution in [0.2, 0.25) is 10.0 Å². The average Bonchev–Trinajstić information content (AvgIpc) is 2.38. The summed E-state index contributed by atoms with van der Waals surface area (Å²) in [5.74, 6) is -0.190. The van der Waals surface area contributed by atoms with Crippen molar-refractivity contribution in [1.29, 1.82) is 0 Å². The molecule has 0 unspecified atom stereocenters. The Kier molecular flexibility index (Phi) is 5.89. The van der Waals surface area contributed by atoms with E-state index in [1.165, 1.54) is 7.11 Å². The highest BCUT2D eigenvalue weighted by atomic mass is 35.5. The van der Waals surface area contributed by atoms with Crippen LogP contribution in [-0.4, -0.2) is 17.3 Å². The van der Waals surface area contributed by atoms with Gasteiger partial charge in [0.15, 0.2) is 5.75 Å². The zero-order chi connectivity index (χ0) is 13.7. The van der Waals surface area contributed by atoms with Crippen LogP contribution in [0.1, 0.15) is 38.2 Å².